The summed E-state index contributed by atoms with van der Waals surface area (Å²) in [5.41, 5.74) is 0.131. The van der Waals surface area contributed by atoms with Crippen LogP contribution < -0.4 is 21.3 Å². The van der Waals surface area contributed by atoms with Crippen molar-refractivity contribution >= 4 is 29.8 Å². The van der Waals surface area contributed by atoms with Gasteiger partial charge in [-0.3, -0.25) is 14.4 Å². The predicted octanol–water partition coefficient (Wildman–Crippen LogP) is 2.67. The number of alkyl carbamates (subject to hydrolysis) is 1. The third kappa shape index (κ3) is 13.3. The van der Waals surface area contributed by atoms with Crippen LogP contribution in [0.5, 0.6) is 0 Å². The first kappa shape index (κ1) is 35.3. The standard InChI is InChI=1S/C31H46N4O8/c1-19(2)16-24(28(39)33-23(12-13-25(36)37)17-22-14-15-32-27(22)38)34-29(40)26(20(3)43-31(4,5)6)35-30(41)42-18-21-10-8-7-9-11-21/h7-13,19-20,22-24,26H,14-18H2,1-6H3,(H,32,38)(H,33,39)(H,34,40)(H,35,41)(H,36,37)/b13-12+/t20?,22?,23-,24+,26+/m1/s1. The molecule has 1 aliphatic heterocycles. The van der Waals surface area contributed by atoms with Crippen molar-refractivity contribution in [2.45, 2.75) is 97.2 Å². The van der Waals surface area contributed by atoms with Crippen molar-refractivity contribution in [2.24, 2.45) is 11.8 Å². The number of benzene rings is 1. The summed E-state index contributed by atoms with van der Waals surface area (Å²) >= 11 is 0. The molecule has 12 heteroatoms. The number of carboxylic acids is 1. The van der Waals surface area contributed by atoms with E-state index in [1.54, 1.807) is 19.1 Å². The molecule has 1 aliphatic rings. The average molecular weight is 603 g/mol. The summed E-state index contributed by atoms with van der Waals surface area (Å²) in [6, 6.07) is 6.11. The van der Waals surface area contributed by atoms with Gasteiger partial charge in [-0.2, -0.15) is 0 Å². The first-order chi connectivity index (χ1) is 20.1. The molecule has 0 aromatic heterocycles. The first-order valence-electron chi connectivity index (χ1n) is 14.6. The molecule has 0 saturated carbocycles. The quantitative estimate of drug-likeness (QED) is 0.191. The molecule has 0 radical (unpaired) electrons. The monoisotopic (exact) mass is 602 g/mol. The lowest BCUT2D eigenvalue weighted by Crippen LogP contribution is -2.59. The van der Waals surface area contributed by atoms with Crippen LogP contribution in [0.15, 0.2) is 42.5 Å². The zero-order valence-electron chi connectivity index (χ0n) is 25.8. The fourth-order valence-corrected chi connectivity index (χ4v) is 4.72. The molecule has 5 N–H and O–H groups in total. The lowest BCUT2D eigenvalue weighted by Gasteiger charge is -2.32. The number of aliphatic carboxylic acids is 1. The largest absolute Gasteiger partial charge is 0.478 e. The van der Waals surface area contributed by atoms with Gasteiger partial charge >= 0.3 is 12.1 Å². The van der Waals surface area contributed by atoms with E-state index in [-0.39, 0.29) is 37.2 Å². The fourth-order valence-electron chi connectivity index (χ4n) is 4.72. The second-order valence-corrected chi connectivity index (χ2v) is 12.1. The van der Waals surface area contributed by atoms with E-state index in [0.717, 1.165) is 11.6 Å². The number of ether oxygens (including phenoxy) is 2. The number of carbonyl (C=O) groups excluding carboxylic acids is 4. The Labute approximate surface area is 253 Å². The van der Waals surface area contributed by atoms with E-state index in [0.29, 0.717) is 13.0 Å². The summed E-state index contributed by atoms with van der Waals surface area (Å²) in [6.45, 7) is 11.4. The number of hydrogen-bond acceptors (Lipinski definition) is 7. The van der Waals surface area contributed by atoms with E-state index in [2.05, 4.69) is 21.3 Å². The molecular formula is C31H46N4O8. The van der Waals surface area contributed by atoms with Crippen LogP contribution >= 0.6 is 0 Å². The van der Waals surface area contributed by atoms with Crippen LogP contribution in [0.4, 0.5) is 4.79 Å². The van der Waals surface area contributed by atoms with Gasteiger partial charge < -0.3 is 35.8 Å². The lowest BCUT2D eigenvalue weighted by atomic mass is 9.96. The second kappa shape index (κ2) is 16.6. The number of amides is 4. The summed E-state index contributed by atoms with van der Waals surface area (Å²) < 4.78 is 11.3. The Morgan fingerprint density at radius 3 is 2.28 bits per heavy atom. The molecule has 0 spiro atoms. The van der Waals surface area contributed by atoms with Gasteiger partial charge in [0.2, 0.25) is 17.7 Å². The second-order valence-electron chi connectivity index (χ2n) is 12.1. The van der Waals surface area contributed by atoms with Crippen molar-refractivity contribution in [2.75, 3.05) is 6.54 Å². The SMILES string of the molecule is CC(C)C[C@H](NC(=O)[C@@H](NC(=O)OCc1ccccc1)C(C)OC(C)(C)C)C(=O)N[C@H](/C=C/C(=O)O)CC1CCNC1=O. The van der Waals surface area contributed by atoms with Gasteiger partial charge in [-0.1, -0.05) is 50.3 Å². The highest BCUT2D eigenvalue weighted by Crippen LogP contribution is 2.18. The van der Waals surface area contributed by atoms with Gasteiger partial charge in [0.25, 0.3) is 0 Å². The topological polar surface area (TPSA) is 172 Å². The fraction of sp³-hybridized carbons (Fsp3) is 0.581. The van der Waals surface area contributed by atoms with Crippen LogP contribution in [-0.4, -0.2) is 71.3 Å². The highest BCUT2D eigenvalue weighted by molar-refractivity contribution is 5.92. The van der Waals surface area contributed by atoms with Crippen molar-refractivity contribution in [3.05, 3.63) is 48.0 Å². The summed E-state index contributed by atoms with van der Waals surface area (Å²) in [6.07, 6.45) is 1.66. The van der Waals surface area contributed by atoms with Gasteiger partial charge in [0, 0.05) is 24.6 Å². The average Bonchev–Trinajstić information content (AvgIpc) is 3.31. The van der Waals surface area contributed by atoms with Gasteiger partial charge in [0.1, 0.15) is 18.7 Å². The van der Waals surface area contributed by atoms with Crippen LogP contribution in [0.25, 0.3) is 0 Å². The van der Waals surface area contributed by atoms with E-state index < -0.39 is 53.7 Å². The number of rotatable bonds is 15. The Kier molecular flexibility index (Phi) is 13.6. The highest BCUT2D eigenvalue weighted by atomic mass is 16.6. The number of carbonyl (C=O) groups is 5. The van der Waals surface area contributed by atoms with Gasteiger partial charge in [-0.25, -0.2) is 9.59 Å². The van der Waals surface area contributed by atoms with Crippen LogP contribution in [0.1, 0.15) is 66.4 Å². The normalized spacial score (nSPS) is 17.9. The highest BCUT2D eigenvalue weighted by Gasteiger charge is 2.35. The minimum atomic E-state index is -1.20. The zero-order chi connectivity index (χ0) is 32.2. The van der Waals surface area contributed by atoms with E-state index in [1.165, 1.54) is 6.08 Å². The third-order valence-corrected chi connectivity index (χ3v) is 6.62. The zero-order valence-corrected chi connectivity index (χ0v) is 25.8. The molecular weight excluding hydrogens is 556 g/mol. The molecule has 1 aromatic rings. The van der Waals surface area contributed by atoms with Gasteiger partial charge in [-0.05, 0) is 58.4 Å². The molecule has 1 saturated heterocycles. The molecule has 1 fully saturated rings. The van der Waals surface area contributed by atoms with Crippen molar-refractivity contribution in [3.63, 3.8) is 0 Å². The smallest absolute Gasteiger partial charge is 0.408 e. The van der Waals surface area contributed by atoms with Gasteiger partial charge in [0.05, 0.1) is 11.7 Å². The maximum Gasteiger partial charge on any atom is 0.408 e. The molecule has 1 heterocycles. The van der Waals surface area contributed by atoms with E-state index in [4.69, 9.17) is 14.6 Å². The maximum atomic E-state index is 13.6. The van der Waals surface area contributed by atoms with Crippen LogP contribution in [0.3, 0.4) is 0 Å². The minimum Gasteiger partial charge on any atom is -0.478 e. The third-order valence-electron chi connectivity index (χ3n) is 6.62. The van der Waals surface area contributed by atoms with Gasteiger partial charge in [0.15, 0.2) is 0 Å². The molecule has 2 rings (SSSR count). The molecule has 5 atom stereocenters. The number of nitrogens with one attached hydrogen (secondary N) is 4. The molecule has 12 nitrogen and oxygen atoms in total. The van der Waals surface area contributed by atoms with Crippen molar-refractivity contribution in [1.82, 2.24) is 21.3 Å². The number of hydrogen-bond donors (Lipinski definition) is 5. The molecule has 43 heavy (non-hydrogen) atoms. The van der Waals surface area contributed by atoms with Crippen molar-refractivity contribution < 1.29 is 38.6 Å². The summed E-state index contributed by atoms with van der Waals surface area (Å²) in [7, 11) is 0. The Balaban J connectivity index is 2.20. The van der Waals surface area contributed by atoms with Crippen molar-refractivity contribution in [3.8, 4) is 0 Å². The van der Waals surface area contributed by atoms with Crippen LogP contribution in [-0.2, 0) is 35.3 Å². The summed E-state index contributed by atoms with van der Waals surface area (Å²) in [5, 5.41) is 20.0. The number of carboxylic acid groups (broad SMARTS) is 1. The van der Waals surface area contributed by atoms with Crippen LogP contribution in [0.2, 0.25) is 0 Å². The molecule has 1 aromatic carbocycles. The Hall–Kier alpha value is -3.93. The maximum absolute atomic E-state index is 13.6. The molecule has 0 aliphatic carbocycles. The van der Waals surface area contributed by atoms with E-state index in [9.17, 15) is 24.0 Å². The minimum absolute atomic E-state index is 0.00182. The summed E-state index contributed by atoms with van der Waals surface area (Å²) in [5.74, 6) is -2.93. The van der Waals surface area contributed by atoms with E-state index >= 15 is 0 Å². The Morgan fingerprint density at radius 2 is 1.72 bits per heavy atom. The lowest BCUT2D eigenvalue weighted by molar-refractivity contribution is -0.135. The van der Waals surface area contributed by atoms with Gasteiger partial charge in [-0.15, -0.1) is 0 Å². The molecule has 2 unspecified atom stereocenters. The van der Waals surface area contributed by atoms with Crippen molar-refractivity contribution in [1.29, 1.82) is 0 Å². The Morgan fingerprint density at radius 1 is 1.05 bits per heavy atom. The molecule has 4 amide bonds. The Bertz CT molecular complexity index is 1130. The van der Waals surface area contributed by atoms with E-state index in [1.807, 2.05) is 52.8 Å². The first-order valence-corrected chi connectivity index (χ1v) is 14.6. The molecule has 0 bridgehead atoms. The predicted molar refractivity (Wildman–Crippen MR) is 160 cm³/mol. The van der Waals surface area contributed by atoms with Crippen LogP contribution in [0, 0.1) is 11.8 Å². The molecule has 238 valence electrons. The summed E-state index contributed by atoms with van der Waals surface area (Å²) in [4.78, 5) is 63.1.